The second-order valence-corrected chi connectivity index (χ2v) is 9.13. The van der Waals surface area contributed by atoms with Crippen molar-refractivity contribution in [3.63, 3.8) is 0 Å². The van der Waals surface area contributed by atoms with Gasteiger partial charge < -0.3 is 9.47 Å². The second-order valence-electron chi connectivity index (χ2n) is 9.13. The molecular formula is C23H29N3O2. The fraction of sp³-hybridized carbons (Fsp3) is 0.565. The number of carbonyl (C=O) groups excluding carboxylic acids is 1. The summed E-state index contributed by atoms with van der Waals surface area (Å²) in [6.07, 6.45) is 5.62. The van der Waals surface area contributed by atoms with Gasteiger partial charge in [0.25, 0.3) is 5.56 Å². The minimum atomic E-state index is -0.213. The average molecular weight is 380 g/mol. The standard InChI is InChI=1S/C23H29N3O2/c1-24-20-6-3-2-5-18(20)13-19(21(24)27)15-25-12-10-23(16-25)9-4-11-26(22(23)28)14-17-7-8-17/h2-3,5-6,13,17H,4,7-12,14-16H2,1H3/t23-/m0/s1. The molecule has 3 fully saturated rings. The third kappa shape index (κ3) is 3.06. The highest BCUT2D eigenvalue weighted by Crippen LogP contribution is 2.42. The topological polar surface area (TPSA) is 45.6 Å². The summed E-state index contributed by atoms with van der Waals surface area (Å²) in [5.74, 6) is 1.12. The van der Waals surface area contributed by atoms with Crippen molar-refractivity contribution in [1.29, 1.82) is 0 Å². The molecule has 1 spiro atoms. The Bertz CT molecular complexity index is 977. The first-order valence-corrected chi connectivity index (χ1v) is 10.7. The molecule has 1 atom stereocenters. The molecule has 1 aromatic heterocycles. The Balaban J connectivity index is 1.35. The van der Waals surface area contributed by atoms with Crippen molar-refractivity contribution < 1.29 is 4.79 Å². The quantitative estimate of drug-likeness (QED) is 0.821. The van der Waals surface area contributed by atoms with Crippen molar-refractivity contribution in [3.05, 3.63) is 46.2 Å². The number of rotatable bonds is 4. The molecule has 5 heteroatoms. The number of piperidine rings is 1. The Labute approximate surface area is 165 Å². The van der Waals surface area contributed by atoms with Gasteiger partial charge in [0, 0.05) is 38.8 Å². The van der Waals surface area contributed by atoms with Crippen molar-refractivity contribution in [2.24, 2.45) is 18.4 Å². The molecule has 1 amide bonds. The van der Waals surface area contributed by atoms with Gasteiger partial charge in [-0.1, -0.05) is 18.2 Å². The van der Waals surface area contributed by atoms with E-state index >= 15 is 0 Å². The van der Waals surface area contributed by atoms with Crippen LogP contribution in [-0.2, 0) is 18.4 Å². The van der Waals surface area contributed by atoms with E-state index in [0.717, 1.165) is 67.8 Å². The molecule has 28 heavy (non-hydrogen) atoms. The number of hydrogen-bond donors (Lipinski definition) is 0. The number of carbonyl (C=O) groups is 1. The summed E-state index contributed by atoms with van der Waals surface area (Å²) in [6.45, 7) is 4.23. The lowest BCUT2D eigenvalue weighted by Gasteiger charge is -2.39. The normalized spacial score (nSPS) is 25.9. The Morgan fingerprint density at radius 1 is 1.11 bits per heavy atom. The lowest BCUT2D eigenvalue weighted by molar-refractivity contribution is -0.145. The van der Waals surface area contributed by atoms with Crippen LogP contribution in [0.15, 0.2) is 35.1 Å². The van der Waals surface area contributed by atoms with E-state index in [4.69, 9.17) is 0 Å². The maximum absolute atomic E-state index is 13.2. The molecule has 2 aliphatic heterocycles. The Morgan fingerprint density at radius 2 is 1.93 bits per heavy atom. The van der Waals surface area contributed by atoms with Crippen LogP contribution in [0.1, 0.15) is 37.7 Å². The monoisotopic (exact) mass is 379 g/mol. The minimum Gasteiger partial charge on any atom is -0.342 e. The van der Waals surface area contributed by atoms with Crippen LogP contribution in [-0.4, -0.2) is 46.5 Å². The van der Waals surface area contributed by atoms with Crippen LogP contribution in [0.3, 0.4) is 0 Å². The maximum atomic E-state index is 13.2. The fourth-order valence-corrected chi connectivity index (χ4v) is 5.25. The van der Waals surface area contributed by atoms with Crippen LogP contribution in [0, 0.1) is 11.3 Å². The lowest BCUT2D eigenvalue weighted by atomic mass is 9.78. The van der Waals surface area contributed by atoms with Crippen molar-refractivity contribution >= 4 is 16.8 Å². The van der Waals surface area contributed by atoms with E-state index < -0.39 is 0 Å². The molecule has 1 saturated carbocycles. The zero-order valence-corrected chi connectivity index (χ0v) is 16.7. The number of aromatic nitrogens is 1. The predicted molar refractivity (Wildman–Crippen MR) is 110 cm³/mol. The first-order valence-electron chi connectivity index (χ1n) is 10.7. The van der Waals surface area contributed by atoms with E-state index in [1.165, 1.54) is 12.8 Å². The van der Waals surface area contributed by atoms with E-state index in [-0.39, 0.29) is 11.0 Å². The van der Waals surface area contributed by atoms with E-state index in [1.54, 1.807) is 4.57 Å². The minimum absolute atomic E-state index is 0.0741. The summed E-state index contributed by atoms with van der Waals surface area (Å²) in [4.78, 5) is 30.5. The SMILES string of the molecule is Cn1c(=O)c(CN2CC[C@@]3(CCCN(CC4CC4)C3=O)C2)cc2ccccc21. The molecule has 0 radical (unpaired) electrons. The third-order valence-corrected chi connectivity index (χ3v) is 7.03. The van der Waals surface area contributed by atoms with Crippen LogP contribution in [0.5, 0.6) is 0 Å². The Kier molecular flexibility index (Phi) is 4.31. The molecule has 1 aromatic carbocycles. The molecule has 0 bridgehead atoms. The van der Waals surface area contributed by atoms with Gasteiger partial charge in [0.2, 0.25) is 5.91 Å². The number of benzene rings is 1. The average Bonchev–Trinajstić information content (AvgIpc) is 3.43. The van der Waals surface area contributed by atoms with E-state index in [1.807, 2.05) is 31.3 Å². The molecule has 148 valence electrons. The van der Waals surface area contributed by atoms with Gasteiger partial charge in [0.15, 0.2) is 0 Å². The van der Waals surface area contributed by atoms with Gasteiger partial charge in [-0.05, 0) is 62.1 Å². The van der Waals surface area contributed by atoms with Crippen LogP contribution in [0.4, 0.5) is 0 Å². The highest BCUT2D eigenvalue weighted by atomic mass is 16.2. The molecule has 0 N–H and O–H groups in total. The van der Waals surface area contributed by atoms with Gasteiger partial charge >= 0.3 is 0 Å². The van der Waals surface area contributed by atoms with Crippen LogP contribution in [0.2, 0.25) is 0 Å². The summed E-state index contributed by atoms with van der Waals surface area (Å²) in [5, 5.41) is 1.10. The molecule has 3 aliphatic rings. The Morgan fingerprint density at radius 3 is 2.75 bits per heavy atom. The van der Waals surface area contributed by atoms with Gasteiger partial charge in [-0.2, -0.15) is 0 Å². The first kappa shape index (κ1) is 17.9. The molecular weight excluding hydrogens is 350 g/mol. The third-order valence-electron chi connectivity index (χ3n) is 7.03. The predicted octanol–water partition coefficient (Wildman–Crippen LogP) is 2.76. The maximum Gasteiger partial charge on any atom is 0.255 e. The van der Waals surface area contributed by atoms with E-state index in [0.29, 0.717) is 12.5 Å². The molecule has 3 heterocycles. The number of hydrogen-bond acceptors (Lipinski definition) is 3. The smallest absolute Gasteiger partial charge is 0.255 e. The van der Waals surface area contributed by atoms with Gasteiger partial charge in [-0.3, -0.25) is 14.5 Å². The number of likely N-dealkylation sites (tertiary alicyclic amines) is 2. The van der Waals surface area contributed by atoms with Crippen molar-refractivity contribution in [3.8, 4) is 0 Å². The molecule has 5 nitrogen and oxygen atoms in total. The summed E-state index contributed by atoms with van der Waals surface area (Å²) in [6, 6.07) is 10.1. The first-order chi connectivity index (χ1) is 13.6. The molecule has 5 rings (SSSR count). The van der Waals surface area contributed by atoms with Gasteiger partial charge in [0.1, 0.15) is 0 Å². The van der Waals surface area contributed by atoms with Gasteiger partial charge in [-0.15, -0.1) is 0 Å². The van der Waals surface area contributed by atoms with Gasteiger partial charge in [-0.25, -0.2) is 0 Å². The number of pyridine rings is 1. The summed E-state index contributed by atoms with van der Waals surface area (Å²) < 4.78 is 1.75. The summed E-state index contributed by atoms with van der Waals surface area (Å²) >= 11 is 0. The van der Waals surface area contributed by atoms with Crippen LogP contribution >= 0.6 is 0 Å². The fourth-order valence-electron chi connectivity index (χ4n) is 5.25. The number of fused-ring (bicyclic) bond motifs is 1. The lowest BCUT2D eigenvalue weighted by Crippen LogP contribution is -2.50. The van der Waals surface area contributed by atoms with E-state index in [2.05, 4.69) is 15.9 Å². The largest absolute Gasteiger partial charge is 0.342 e. The Hall–Kier alpha value is -2.14. The molecule has 2 saturated heterocycles. The number of aryl methyl sites for hydroxylation is 1. The molecule has 0 unspecified atom stereocenters. The highest BCUT2D eigenvalue weighted by molar-refractivity contribution is 5.84. The summed E-state index contributed by atoms with van der Waals surface area (Å²) in [7, 11) is 1.85. The summed E-state index contributed by atoms with van der Waals surface area (Å²) in [5.41, 5.74) is 1.66. The van der Waals surface area contributed by atoms with Crippen molar-refractivity contribution in [2.75, 3.05) is 26.2 Å². The molecule has 1 aliphatic carbocycles. The van der Waals surface area contributed by atoms with Crippen molar-refractivity contribution in [1.82, 2.24) is 14.4 Å². The zero-order chi connectivity index (χ0) is 19.3. The van der Waals surface area contributed by atoms with Crippen LogP contribution < -0.4 is 5.56 Å². The second kappa shape index (κ2) is 6.73. The van der Waals surface area contributed by atoms with E-state index in [9.17, 15) is 9.59 Å². The number of nitrogens with zero attached hydrogens (tertiary/aromatic N) is 3. The highest BCUT2D eigenvalue weighted by Gasteiger charge is 2.48. The van der Waals surface area contributed by atoms with Crippen molar-refractivity contribution in [2.45, 2.75) is 38.6 Å². The number of para-hydroxylation sites is 1. The zero-order valence-electron chi connectivity index (χ0n) is 16.7. The number of amides is 1. The van der Waals surface area contributed by atoms with Crippen LogP contribution in [0.25, 0.3) is 10.9 Å². The van der Waals surface area contributed by atoms with Gasteiger partial charge in [0.05, 0.1) is 10.9 Å². The molecule has 2 aromatic rings.